The molecule has 120 valence electrons. The standard InChI is InChI=1S/C21H25NO/c1-21(2)14-13-18(15-21)22-20(23)19(16-9-5-3-6-10-16)17-11-7-4-8-12-17/h3-12,18-19H,13-15H2,1-2H3,(H,22,23). The molecular weight excluding hydrogens is 282 g/mol. The molecule has 0 radical (unpaired) electrons. The summed E-state index contributed by atoms with van der Waals surface area (Å²) in [5.41, 5.74) is 2.44. The molecule has 1 amide bonds. The summed E-state index contributed by atoms with van der Waals surface area (Å²) < 4.78 is 0. The zero-order valence-corrected chi connectivity index (χ0v) is 14.0. The van der Waals surface area contributed by atoms with Crippen LogP contribution < -0.4 is 5.32 Å². The topological polar surface area (TPSA) is 29.1 Å². The molecule has 0 saturated heterocycles. The van der Waals surface area contributed by atoms with Gasteiger partial charge in [-0.1, -0.05) is 74.5 Å². The minimum Gasteiger partial charge on any atom is -0.353 e. The van der Waals surface area contributed by atoms with Gasteiger partial charge in [0.2, 0.25) is 5.91 Å². The minimum absolute atomic E-state index is 0.116. The van der Waals surface area contributed by atoms with Crippen molar-refractivity contribution < 1.29 is 4.79 Å². The van der Waals surface area contributed by atoms with Gasteiger partial charge in [-0.2, -0.15) is 0 Å². The molecule has 0 heterocycles. The van der Waals surface area contributed by atoms with E-state index in [4.69, 9.17) is 0 Å². The van der Waals surface area contributed by atoms with Crippen molar-refractivity contribution in [2.24, 2.45) is 5.41 Å². The number of amides is 1. The van der Waals surface area contributed by atoms with Crippen molar-refractivity contribution in [3.8, 4) is 0 Å². The lowest BCUT2D eigenvalue weighted by Gasteiger charge is -2.22. The van der Waals surface area contributed by atoms with E-state index < -0.39 is 0 Å². The quantitative estimate of drug-likeness (QED) is 0.884. The predicted octanol–water partition coefficient (Wildman–Crippen LogP) is 4.51. The molecule has 2 heteroatoms. The first-order chi connectivity index (χ1) is 11.1. The lowest BCUT2D eigenvalue weighted by atomic mass is 9.89. The fourth-order valence-electron chi connectivity index (χ4n) is 3.63. The summed E-state index contributed by atoms with van der Waals surface area (Å²) in [4.78, 5) is 13.0. The maximum atomic E-state index is 13.0. The molecule has 0 bridgehead atoms. The molecule has 0 aromatic heterocycles. The number of rotatable bonds is 4. The molecule has 1 unspecified atom stereocenters. The Hall–Kier alpha value is -2.09. The van der Waals surface area contributed by atoms with Crippen molar-refractivity contribution in [3.63, 3.8) is 0 Å². The van der Waals surface area contributed by atoms with E-state index in [0.29, 0.717) is 11.5 Å². The van der Waals surface area contributed by atoms with E-state index in [0.717, 1.165) is 24.0 Å². The average Bonchev–Trinajstić information content (AvgIpc) is 2.88. The molecule has 1 aliphatic carbocycles. The predicted molar refractivity (Wildman–Crippen MR) is 94.3 cm³/mol. The Morgan fingerprint density at radius 1 is 1.00 bits per heavy atom. The number of benzene rings is 2. The van der Waals surface area contributed by atoms with Gasteiger partial charge in [0.15, 0.2) is 0 Å². The monoisotopic (exact) mass is 307 g/mol. The Bertz CT molecular complexity index is 609. The Kier molecular flexibility index (Phi) is 4.51. The van der Waals surface area contributed by atoms with Gasteiger partial charge in [-0.25, -0.2) is 0 Å². The van der Waals surface area contributed by atoms with Gasteiger partial charge in [0.05, 0.1) is 5.92 Å². The van der Waals surface area contributed by atoms with Crippen molar-refractivity contribution >= 4 is 5.91 Å². The van der Waals surface area contributed by atoms with E-state index in [1.165, 1.54) is 6.42 Å². The molecule has 1 aliphatic rings. The maximum absolute atomic E-state index is 13.0. The summed E-state index contributed by atoms with van der Waals surface area (Å²) in [7, 11) is 0. The van der Waals surface area contributed by atoms with Crippen LogP contribution in [0.5, 0.6) is 0 Å². The number of nitrogens with one attached hydrogen (secondary N) is 1. The van der Waals surface area contributed by atoms with Crippen LogP contribution in [0.25, 0.3) is 0 Å². The van der Waals surface area contributed by atoms with Crippen molar-refractivity contribution in [2.45, 2.75) is 45.1 Å². The molecule has 1 N–H and O–H groups in total. The Labute approximate surface area is 138 Å². The molecule has 1 atom stereocenters. The van der Waals surface area contributed by atoms with Crippen molar-refractivity contribution in [3.05, 3.63) is 71.8 Å². The summed E-state index contributed by atoms with van der Waals surface area (Å²) in [6.07, 6.45) is 3.32. The number of carbonyl (C=O) groups excluding carboxylic acids is 1. The lowest BCUT2D eigenvalue weighted by Crippen LogP contribution is -2.37. The van der Waals surface area contributed by atoms with Crippen LogP contribution in [0.2, 0.25) is 0 Å². The summed E-state index contributed by atoms with van der Waals surface area (Å²) >= 11 is 0. The van der Waals surface area contributed by atoms with Gasteiger partial charge in [-0.3, -0.25) is 4.79 Å². The largest absolute Gasteiger partial charge is 0.353 e. The van der Waals surface area contributed by atoms with Crippen molar-refractivity contribution in [1.29, 1.82) is 0 Å². The molecule has 0 spiro atoms. The minimum atomic E-state index is -0.235. The van der Waals surface area contributed by atoms with E-state index >= 15 is 0 Å². The Morgan fingerprint density at radius 2 is 1.52 bits per heavy atom. The van der Waals surface area contributed by atoms with E-state index in [2.05, 4.69) is 19.2 Å². The Morgan fingerprint density at radius 3 is 1.96 bits per heavy atom. The van der Waals surface area contributed by atoms with Gasteiger partial charge in [0.25, 0.3) is 0 Å². The highest BCUT2D eigenvalue weighted by atomic mass is 16.1. The molecule has 2 nitrogen and oxygen atoms in total. The normalized spacial score (nSPS) is 19.7. The zero-order chi connectivity index (χ0) is 16.3. The summed E-state index contributed by atoms with van der Waals surface area (Å²) in [5.74, 6) is -0.119. The third-order valence-corrected chi connectivity index (χ3v) is 4.84. The van der Waals surface area contributed by atoms with Crippen molar-refractivity contribution in [1.82, 2.24) is 5.32 Å². The lowest BCUT2D eigenvalue weighted by molar-refractivity contribution is -0.122. The van der Waals surface area contributed by atoms with Crippen LogP contribution in [-0.2, 0) is 4.79 Å². The average molecular weight is 307 g/mol. The maximum Gasteiger partial charge on any atom is 0.232 e. The molecule has 3 rings (SSSR count). The number of carbonyl (C=O) groups is 1. The molecule has 1 fully saturated rings. The van der Waals surface area contributed by atoms with Crippen molar-refractivity contribution in [2.75, 3.05) is 0 Å². The van der Waals surface area contributed by atoms with Crippen LogP contribution in [0, 0.1) is 5.41 Å². The fourth-order valence-corrected chi connectivity index (χ4v) is 3.63. The second kappa shape index (κ2) is 6.57. The summed E-state index contributed by atoms with van der Waals surface area (Å²) in [5, 5.41) is 3.29. The van der Waals surface area contributed by atoms with E-state index in [1.54, 1.807) is 0 Å². The van der Waals surface area contributed by atoms with E-state index in [1.807, 2.05) is 60.7 Å². The van der Waals surface area contributed by atoms with Gasteiger partial charge < -0.3 is 5.32 Å². The second-order valence-electron chi connectivity index (χ2n) is 7.37. The second-order valence-corrected chi connectivity index (χ2v) is 7.37. The number of hydrogen-bond donors (Lipinski definition) is 1. The molecular formula is C21H25NO. The Balaban J connectivity index is 1.83. The van der Waals surface area contributed by atoms with Gasteiger partial charge >= 0.3 is 0 Å². The third-order valence-electron chi connectivity index (χ3n) is 4.84. The molecule has 23 heavy (non-hydrogen) atoms. The van der Waals surface area contributed by atoms with Gasteiger partial charge in [0.1, 0.15) is 0 Å². The molecule has 1 saturated carbocycles. The van der Waals surface area contributed by atoms with Crippen LogP contribution in [0.15, 0.2) is 60.7 Å². The molecule has 2 aromatic carbocycles. The first-order valence-electron chi connectivity index (χ1n) is 8.45. The fraction of sp³-hybridized carbons (Fsp3) is 0.381. The van der Waals surface area contributed by atoms with Crippen LogP contribution in [0.4, 0.5) is 0 Å². The van der Waals surface area contributed by atoms with Gasteiger partial charge in [-0.15, -0.1) is 0 Å². The summed E-state index contributed by atoms with van der Waals surface area (Å²) in [6.45, 7) is 4.57. The smallest absolute Gasteiger partial charge is 0.232 e. The highest BCUT2D eigenvalue weighted by molar-refractivity contribution is 5.87. The first-order valence-corrected chi connectivity index (χ1v) is 8.45. The third kappa shape index (κ3) is 3.82. The number of hydrogen-bond acceptors (Lipinski definition) is 1. The molecule has 0 aliphatic heterocycles. The van der Waals surface area contributed by atoms with Gasteiger partial charge in [0, 0.05) is 6.04 Å². The zero-order valence-electron chi connectivity index (χ0n) is 14.0. The van der Waals surface area contributed by atoms with Crippen LogP contribution >= 0.6 is 0 Å². The highest BCUT2D eigenvalue weighted by Crippen LogP contribution is 2.37. The SMILES string of the molecule is CC1(C)CCC(NC(=O)C(c2ccccc2)c2ccccc2)C1. The highest BCUT2D eigenvalue weighted by Gasteiger charge is 2.33. The van der Waals surface area contributed by atoms with Crippen LogP contribution in [0.3, 0.4) is 0 Å². The van der Waals surface area contributed by atoms with Crippen LogP contribution in [-0.4, -0.2) is 11.9 Å². The first kappa shape index (κ1) is 15.8. The van der Waals surface area contributed by atoms with Crippen LogP contribution in [0.1, 0.15) is 50.2 Å². The van der Waals surface area contributed by atoms with E-state index in [-0.39, 0.29) is 11.8 Å². The molecule has 2 aromatic rings. The summed E-state index contributed by atoms with van der Waals surface area (Å²) in [6, 6.07) is 20.4. The van der Waals surface area contributed by atoms with E-state index in [9.17, 15) is 4.79 Å². The van der Waals surface area contributed by atoms with Gasteiger partial charge in [-0.05, 0) is 35.8 Å².